The van der Waals surface area contributed by atoms with Crippen LogP contribution < -0.4 is 20.3 Å². The van der Waals surface area contributed by atoms with E-state index in [2.05, 4.69) is 31.3 Å². The van der Waals surface area contributed by atoms with Crippen LogP contribution in [0.2, 0.25) is 0 Å². The van der Waals surface area contributed by atoms with Crippen molar-refractivity contribution < 1.29 is 19.2 Å². The molecule has 1 amide bonds. The van der Waals surface area contributed by atoms with Crippen LogP contribution in [-0.2, 0) is 4.79 Å². The van der Waals surface area contributed by atoms with E-state index in [-0.39, 0.29) is 17.1 Å². The fourth-order valence-electron chi connectivity index (χ4n) is 3.67. The van der Waals surface area contributed by atoms with Gasteiger partial charge in [-0.05, 0) is 49.7 Å². The first-order valence-electron chi connectivity index (χ1n) is 11.3. The lowest BCUT2D eigenvalue weighted by Crippen LogP contribution is -2.21. The number of nitro groups is 1. The Hall–Kier alpha value is -4.58. The van der Waals surface area contributed by atoms with Gasteiger partial charge in [0.1, 0.15) is 5.82 Å². The number of anilines is 1. The number of nitrogens with one attached hydrogen (secondary N) is 1. The number of benzene rings is 3. The normalized spacial score (nSPS) is 11.1. The van der Waals surface area contributed by atoms with Crippen LogP contribution in [0.4, 0.5) is 11.4 Å². The molecule has 0 aliphatic heterocycles. The van der Waals surface area contributed by atoms with Crippen LogP contribution in [0.15, 0.2) is 69.0 Å². The molecule has 0 unspecified atom stereocenters. The van der Waals surface area contributed by atoms with Crippen molar-refractivity contribution >= 4 is 50.3 Å². The molecule has 0 spiro atoms. The summed E-state index contributed by atoms with van der Waals surface area (Å²) in [6, 6.07) is 15.0. The van der Waals surface area contributed by atoms with Crippen molar-refractivity contribution in [1.29, 1.82) is 0 Å². The number of aromatic nitrogens is 2. The summed E-state index contributed by atoms with van der Waals surface area (Å²) in [6.07, 6.45) is 1.28. The number of nitrogens with zero attached hydrogens (tertiary/aromatic N) is 4. The van der Waals surface area contributed by atoms with Gasteiger partial charge in [0, 0.05) is 21.8 Å². The molecule has 0 saturated heterocycles. The van der Waals surface area contributed by atoms with Crippen molar-refractivity contribution in [2.75, 3.05) is 19.0 Å². The second kappa shape index (κ2) is 11.2. The van der Waals surface area contributed by atoms with Crippen LogP contribution in [0.5, 0.6) is 11.5 Å². The number of ether oxygens (including phenoxy) is 2. The first-order valence-corrected chi connectivity index (χ1v) is 12.0. The quantitative estimate of drug-likeness (QED) is 0.183. The highest BCUT2D eigenvalue weighted by Crippen LogP contribution is 2.38. The predicted molar refractivity (Wildman–Crippen MR) is 146 cm³/mol. The number of hydrogen-bond donors (Lipinski definition) is 1. The lowest BCUT2D eigenvalue weighted by molar-refractivity contribution is -0.385. The zero-order valence-electron chi connectivity index (χ0n) is 20.6. The van der Waals surface area contributed by atoms with Gasteiger partial charge >= 0.3 is 5.69 Å². The molecule has 0 saturated carbocycles. The van der Waals surface area contributed by atoms with Gasteiger partial charge in [-0.2, -0.15) is 9.78 Å². The summed E-state index contributed by atoms with van der Waals surface area (Å²) in [5.41, 5.74) is 1.43. The Morgan fingerprint density at radius 3 is 2.68 bits per heavy atom. The second-order valence-corrected chi connectivity index (χ2v) is 9.08. The topological polar surface area (TPSA) is 138 Å². The maximum absolute atomic E-state index is 13.0. The number of amides is 1. The highest BCUT2D eigenvalue weighted by atomic mass is 79.9. The van der Waals surface area contributed by atoms with Crippen LogP contribution in [0.3, 0.4) is 0 Å². The van der Waals surface area contributed by atoms with Crippen molar-refractivity contribution in [3.63, 3.8) is 0 Å². The first kappa shape index (κ1) is 26.5. The number of rotatable bonds is 8. The van der Waals surface area contributed by atoms with Crippen LogP contribution >= 0.6 is 15.9 Å². The number of carbonyl (C=O) groups is 1. The summed E-state index contributed by atoms with van der Waals surface area (Å²) in [6.45, 7) is 2.99. The fourth-order valence-corrected chi connectivity index (χ4v) is 4.03. The van der Waals surface area contributed by atoms with Crippen LogP contribution in [0.25, 0.3) is 10.9 Å². The highest BCUT2D eigenvalue weighted by Gasteiger charge is 2.23. The minimum Gasteiger partial charge on any atom is -0.493 e. The third-order valence-corrected chi connectivity index (χ3v) is 6.03. The lowest BCUT2D eigenvalue weighted by Gasteiger charge is -2.13. The van der Waals surface area contributed by atoms with Gasteiger partial charge in [-0.25, -0.2) is 4.98 Å². The summed E-state index contributed by atoms with van der Waals surface area (Å²) < 4.78 is 12.6. The van der Waals surface area contributed by atoms with Gasteiger partial charge in [-0.1, -0.05) is 34.1 Å². The largest absolute Gasteiger partial charge is 0.493 e. The average Bonchev–Trinajstić information content (AvgIpc) is 2.89. The van der Waals surface area contributed by atoms with E-state index in [4.69, 9.17) is 9.47 Å². The highest BCUT2D eigenvalue weighted by molar-refractivity contribution is 9.10. The second-order valence-electron chi connectivity index (χ2n) is 8.16. The third kappa shape index (κ3) is 5.70. The van der Waals surface area contributed by atoms with E-state index in [9.17, 15) is 19.7 Å². The van der Waals surface area contributed by atoms with E-state index < -0.39 is 28.7 Å². The minimum atomic E-state index is -0.652. The molecule has 38 heavy (non-hydrogen) atoms. The predicted octanol–water partition coefficient (Wildman–Crippen LogP) is 4.59. The summed E-state index contributed by atoms with van der Waals surface area (Å²) in [7, 11) is 1.32. The van der Waals surface area contributed by atoms with Crippen molar-refractivity contribution in [2.24, 2.45) is 5.10 Å². The Labute approximate surface area is 225 Å². The van der Waals surface area contributed by atoms with Crippen LogP contribution in [0.1, 0.15) is 17.0 Å². The molecule has 3 aromatic carbocycles. The molecule has 1 N–H and O–H groups in total. The Kier molecular flexibility index (Phi) is 7.82. The van der Waals surface area contributed by atoms with Gasteiger partial charge in [-0.3, -0.25) is 19.7 Å². The molecule has 194 valence electrons. The number of nitro benzene ring substituents is 1. The van der Waals surface area contributed by atoms with Crippen molar-refractivity contribution in [3.8, 4) is 11.5 Å². The van der Waals surface area contributed by atoms with E-state index in [0.717, 1.165) is 10.2 Å². The number of carbonyl (C=O) groups excluding carboxylic acids is 1. The molecule has 0 bridgehead atoms. The van der Waals surface area contributed by atoms with E-state index >= 15 is 0 Å². The van der Waals surface area contributed by atoms with Crippen LogP contribution in [0, 0.1) is 24.0 Å². The van der Waals surface area contributed by atoms with Gasteiger partial charge in [0.05, 0.1) is 29.2 Å². The molecular weight excluding hydrogens is 558 g/mol. The Morgan fingerprint density at radius 1 is 1.21 bits per heavy atom. The summed E-state index contributed by atoms with van der Waals surface area (Å²) in [5.74, 6) is -0.345. The van der Waals surface area contributed by atoms with Gasteiger partial charge in [0.2, 0.25) is 5.75 Å². The van der Waals surface area contributed by atoms with E-state index in [1.807, 2.05) is 19.1 Å². The standard InChI is InChI=1S/C26H22BrN5O6/c1-15-6-4-5-7-20(15)30-24(33)14-38-25-22(32(35)36)10-17(11-23(25)37-3)13-28-31-16(2)29-21-9-8-18(27)12-19(21)26(31)34/h4-13H,14H2,1-3H3,(H,30,33). The van der Waals surface area contributed by atoms with Crippen molar-refractivity contribution in [2.45, 2.75) is 13.8 Å². The third-order valence-electron chi connectivity index (χ3n) is 5.53. The Balaban J connectivity index is 1.63. The monoisotopic (exact) mass is 579 g/mol. The summed E-state index contributed by atoms with van der Waals surface area (Å²) in [4.78, 5) is 41.0. The van der Waals surface area contributed by atoms with Gasteiger partial charge < -0.3 is 14.8 Å². The fraction of sp³-hybridized carbons (Fsp3) is 0.154. The van der Waals surface area contributed by atoms with E-state index in [1.54, 1.807) is 37.3 Å². The molecule has 0 aliphatic carbocycles. The summed E-state index contributed by atoms with van der Waals surface area (Å²) >= 11 is 3.34. The van der Waals surface area contributed by atoms with Crippen LogP contribution in [-0.4, -0.2) is 40.4 Å². The maximum atomic E-state index is 13.0. The molecule has 12 heteroatoms. The first-order chi connectivity index (χ1) is 18.2. The molecule has 4 rings (SSSR count). The molecule has 4 aromatic rings. The number of methoxy groups -OCH3 is 1. The maximum Gasteiger partial charge on any atom is 0.315 e. The van der Waals surface area contributed by atoms with Gasteiger partial charge in [0.25, 0.3) is 11.5 Å². The Bertz CT molecular complexity index is 1650. The number of fused-ring (bicyclic) bond motifs is 1. The molecule has 1 heterocycles. The van der Waals surface area contributed by atoms with E-state index in [0.29, 0.717) is 26.9 Å². The average molecular weight is 580 g/mol. The van der Waals surface area contributed by atoms with Crippen molar-refractivity contribution in [3.05, 3.63) is 96.5 Å². The molecule has 0 atom stereocenters. The Morgan fingerprint density at radius 2 is 1.97 bits per heavy atom. The summed E-state index contributed by atoms with van der Waals surface area (Å²) in [5, 5.41) is 19.1. The zero-order chi connectivity index (χ0) is 27.4. The van der Waals surface area contributed by atoms with Gasteiger partial charge in [-0.15, -0.1) is 0 Å². The molecule has 0 radical (unpaired) electrons. The molecule has 0 aliphatic rings. The number of para-hydroxylation sites is 1. The number of aryl methyl sites for hydroxylation is 2. The SMILES string of the molecule is COc1cc(C=Nn2c(C)nc3ccc(Br)cc3c2=O)cc([N+](=O)[O-])c1OCC(=O)Nc1ccccc1C. The zero-order valence-corrected chi connectivity index (χ0v) is 22.2. The minimum absolute atomic E-state index is 0.0222. The number of halogens is 1. The smallest absolute Gasteiger partial charge is 0.315 e. The molecular formula is C26H22BrN5O6. The van der Waals surface area contributed by atoms with Crippen molar-refractivity contribution in [1.82, 2.24) is 9.66 Å². The molecule has 0 fully saturated rings. The van der Waals surface area contributed by atoms with Gasteiger partial charge in [0.15, 0.2) is 12.4 Å². The molecule has 1 aromatic heterocycles. The van der Waals surface area contributed by atoms with E-state index in [1.165, 1.54) is 25.5 Å². The lowest BCUT2D eigenvalue weighted by atomic mass is 10.2. The number of hydrogen-bond acceptors (Lipinski definition) is 8. The molecule has 11 nitrogen and oxygen atoms in total.